The molecule has 3 heterocycles. The summed E-state index contributed by atoms with van der Waals surface area (Å²) in [5, 5.41) is 11.6. The molecule has 1 atom stereocenters. The SMILES string of the molecule is C=CCOc1cccc([C@H]2C(=C(O)c3ccc4c(c3)OCCO4)C(=O)C(=O)N2c2nc(C)c(C(C)=O)s2)c1. The zero-order valence-corrected chi connectivity index (χ0v) is 21.5. The van der Waals surface area contributed by atoms with Gasteiger partial charge >= 0.3 is 5.91 Å². The monoisotopic (exact) mass is 532 g/mol. The molecule has 5 rings (SSSR count). The summed E-state index contributed by atoms with van der Waals surface area (Å²) in [6.07, 6.45) is 1.60. The maximum Gasteiger partial charge on any atom is 0.301 e. The second-order valence-electron chi connectivity index (χ2n) is 8.67. The Balaban J connectivity index is 1.69. The first-order valence-electron chi connectivity index (χ1n) is 11.8. The van der Waals surface area contributed by atoms with E-state index in [0.29, 0.717) is 46.6 Å². The van der Waals surface area contributed by atoms with Crippen molar-refractivity contribution in [1.29, 1.82) is 0 Å². The van der Waals surface area contributed by atoms with Crippen molar-refractivity contribution < 1.29 is 33.7 Å². The lowest BCUT2D eigenvalue weighted by Gasteiger charge is -2.23. The first-order chi connectivity index (χ1) is 18.3. The minimum absolute atomic E-state index is 0.121. The first kappa shape index (κ1) is 25.2. The van der Waals surface area contributed by atoms with Gasteiger partial charge in [-0.25, -0.2) is 4.98 Å². The van der Waals surface area contributed by atoms with Gasteiger partial charge < -0.3 is 19.3 Å². The van der Waals surface area contributed by atoms with Crippen molar-refractivity contribution in [2.45, 2.75) is 19.9 Å². The Morgan fingerprint density at radius 1 is 1.21 bits per heavy atom. The quantitative estimate of drug-likeness (QED) is 0.154. The van der Waals surface area contributed by atoms with E-state index >= 15 is 0 Å². The lowest BCUT2D eigenvalue weighted by molar-refractivity contribution is -0.132. The minimum Gasteiger partial charge on any atom is -0.507 e. The molecule has 0 aliphatic carbocycles. The number of thiazole rings is 1. The molecule has 1 aromatic heterocycles. The predicted molar refractivity (Wildman–Crippen MR) is 141 cm³/mol. The molecule has 1 fully saturated rings. The normalized spacial score (nSPS) is 17.9. The van der Waals surface area contributed by atoms with Gasteiger partial charge in [0.1, 0.15) is 31.3 Å². The fraction of sp³-hybridized carbons (Fsp3) is 0.214. The second-order valence-corrected chi connectivity index (χ2v) is 9.64. The number of Topliss-reactive ketones (excluding diaryl/α,β-unsaturated/α-hetero) is 2. The van der Waals surface area contributed by atoms with Crippen molar-refractivity contribution in [2.75, 3.05) is 24.7 Å². The first-order valence-corrected chi connectivity index (χ1v) is 12.6. The Bertz CT molecular complexity index is 1510. The molecular weight excluding hydrogens is 508 g/mol. The van der Waals surface area contributed by atoms with Gasteiger partial charge in [0.2, 0.25) is 0 Å². The number of fused-ring (bicyclic) bond motifs is 1. The number of aryl methyl sites for hydroxylation is 1. The number of ether oxygens (including phenoxy) is 3. The highest BCUT2D eigenvalue weighted by molar-refractivity contribution is 7.18. The molecule has 9 nitrogen and oxygen atoms in total. The Hall–Kier alpha value is -4.44. The summed E-state index contributed by atoms with van der Waals surface area (Å²) in [5.41, 5.74) is 1.14. The molecule has 0 bridgehead atoms. The highest BCUT2D eigenvalue weighted by atomic mass is 32.1. The third-order valence-corrected chi connectivity index (χ3v) is 7.37. The zero-order chi connectivity index (χ0) is 27.0. The molecular formula is C28H24N2O7S. The molecule has 0 radical (unpaired) electrons. The number of aliphatic hydroxyl groups is 1. The Kier molecular flexibility index (Phi) is 6.73. The van der Waals surface area contributed by atoms with Crippen molar-refractivity contribution >= 4 is 39.7 Å². The van der Waals surface area contributed by atoms with E-state index in [2.05, 4.69) is 11.6 Å². The van der Waals surface area contributed by atoms with Crippen molar-refractivity contribution in [2.24, 2.45) is 0 Å². The van der Waals surface area contributed by atoms with Crippen molar-refractivity contribution in [3.63, 3.8) is 0 Å². The molecule has 2 aromatic carbocycles. The molecule has 10 heteroatoms. The number of rotatable bonds is 7. The van der Waals surface area contributed by atoms with Gasteiger partial charge in [-0.05, 0) is 42.8 Å². The number of anilines is 1. The van der Waals surface area contributed by atoms with Gasteiger partial charge in [0.05, 0.1) is 22.2 Å². The molecule has 1 saturated heterocycles. The summed E-state index contributed by atoms with van der Waals surface area (Å²) in [5.74, 6) is -0.875. The van der Waals surface area contributed by atoms with E-state index in [9.17, 15) is 19.5 Å². The predicted octanol–water partition coefficient (Wildman–Crippen LogP) is 4.62. The number of aromatic nitrogens is 1. The molecule has 2 aliphatic rings. The van der Waals surface area contributed by atoms with Crippen LogP contribution >= 0.6 is 11.3 Å². The van der Waals surface area contributed by atoms with Crippen LogP contribution in [0, 0.1) is 6.92 Å². The number of carbonyl (C=O) groups excluding carboxylic acids is 3. The van der Waals surface area contributed by atoms with E-state index in [0.717, 1.165) is 11.3 Å². The van der Waals surface area contributed by atoms with Crippen LogP contribution in [0.3, 0.4) is 0 Å². The minimum atomic E-state index is -1.03. The van der Waals surface area contributed by atoms with Gasteiger partial charge in [-0.3, -0.25) is 19.3 Å². The molecule has 38 heavy (non-hydrogen) atoms. The summed E-state index contributed by atoms with van der Waals surface area (Å²) >= 11 is 1.02. The van der Waals surface area contributed by atoms with Crippen LogP contribution in [0.25, 0.3) is 5.76 Å². The number of aliphatic hydroxyl groups excluding tert-OH is 1. The van der Waals surface area contributed by atoms with E-state index < -0.39 is 17.7 Å². The van der Waals surface area contributed by atoms with Gasteiger partial charge in [-0.1, -0.05) is 36.1 Å². The maximum absolute atomic E-state index is 13.5. The molecule has 2 aliphatic heterocycles. The molecule has 0 unspecified atom stereocenters. The fourth-order valence-corrected chi connectivity index (χ4v) is 5.42. The lowest BCUT2D eigenvalue weighted by atomic mass is 9.95. The molecule has 0 saturated carbocycles. The molecule has 1 amide bonds. The van der Waals surface area contributed by atoms with Crippen LogP contribution in [0.2, 0.25) is 0 Å². The third kappa shape index (κ3) is 4.43. The van der Waals surface area contributed by atoms with Crippen molar-refractivity contribution in [3.05, 3.63) is 82.4 Å². The van der Waals surface area contributed by atoms with Crippen LogP contribution in [-0.4, -0.2) is 47.4 Å². The van der Waals surface area contributed by atoms with Crippen LogP contribution in [0.5, 0.6) is 17.2 Å². The summed E-state index contributed by atoms with van der Waals surface area (Å²) < 4.78 is 16.9. The van der Waals surface area contributed by atoms with Crippen LogP contribution in [0.4, 0.5) is 5.13 Å². The largest absolute Gasteiger partial charge is 0.507 e. The standard InChI is InChI=1S/C28H24N2O7S/c1-4-10-35-19-7-5-6-17(13-19)23-22(24(32)18-8-9-20-21(14-18)37-12-11-36-20)25(33)27(34)30(23)28-29-15(2)26(38-28)16(3)31/h4-9,13-14,23,32H,1,10-12H2,2-3H3/t23-/m0/s1. The van der Waals surface area contributed by atoms with E-state index in [-0.39, 0.29) is 34.4 Å². The van der Waals surface area contributed by atoms with Gasteiger partial charge in [0, 0.05) is 12.5 Å². The number of hydrogen-bond acceptors (Lipinski definition) is 9. The zero-order valence-electron chi connectivity index (χ0n) is 20.7. The van der Waals surface area contributed by atoms with Crippen LogP contribution in [0.1, 0.15) is 39.5 Å². The van der Waals surface area contributed by atoms with E-state index in [1.165, 1.54) is 11.8 Å². The van der Waals surface area contributed by atoms with E-state index in [1.807, 2.05) is 0 Å². The number of hydrogen-bond donors (Lipinski definition) is 1. The molecule has 194 valence electrons. The maximum atomic E-state index is 13.5. The Morgan fingerprint density at radius 2 is 1.97 bits per heavy atom. The van der Waals surface area contributed by atoms with Gasteiger partial charge in [0.15, 0.2) is 22.4 Å². The number of carbonyl (C=O) groups is 3. The number of amides is 1. The topological polar surface area (TPSA) is 115 Å². The molecule has 1 N–H and O–H groups in total. The molecule has 3 aromatic rings. The van der Waals surface area contributed by atoms with Crippen LogP contribution in [0.15, 0.2) is 60.7 Å². The third-order valence-electron chi connectivity index (χ3n) is 6.11. The fourth-order valence-electron chi connectivity index (χ4n) is 4.43. The van der Waals surface area contributed by atoms with Crippen LogP contribution in [-0.2, 0) is 9.59 Å². The lowest BCUT2D eigenvalue weighted by Crippen LogP contribution is -2.29. The summed E-state index contributed by atoms with van der Waals surface area (Å²) in [6.45, 7) is 7.75. The van der Waals surface area contributed by atoms with E-state index in [4.69, 9.17) is 14.2 Å². The Labute approximate surface area is 222 Å². The number of benzene rings is 2. The van der Waals surface area contributed by atoms with Crippen molar-refractivity contribution in [1.82, 2.24) is 4.98 Å². The smallest absolute Gasteiger partial charge is 0.301 e. The van der Waals surface area contributed by atoms with E-state index in [1.54, 1.807) is 55.5 Å². The highest BCUT2D eigenvalue weighted by Gasteiger charge is 2.48. The number of ketones is 2. The Morgan fingerprint density at radius 3 is 2.68 bits per heavy atom. The van der Waals surface area contributed by atoms with Gasteiger partial charge in [0.25, 0.3) is 5.78 Å². The highest BCUT2D eigenvalue weighted by Crippen LogP contribution is 2.45. The second kappa shape index (κ2) is 10.1. The summed E-state index contributed by atoms with van der Waals surface area (Å²) in [6, 6.07) is 10.7. The average molecular weight is 533 g/mol. The van der Waals surface area contributed by atoms with Crippen molar-refractivity contribution in [3.8, 4) is 17.2 Å². The molecule has 0 spiro atoms. The summed E-state index contributed by atoms with van der Waals surface area (Å²) in [7, 11) is 0. The van der Waals surface area contributed by atoms with Gasteiger partial charge in [-0.15, -0.1) is 0 Å². The van der Waals surface area contributed by atoms with Gasteiger partial charge in [-0.2, -0.15) is 0 Å². The number of nitrogens with zero attached hydrogens (tertiary/aromatic N) is 2. The van der Waals surface area contributed by atoms with Crippen LogP contribution < -0.4 is 19.1 Å². The average Bonchev–Trinajstić information content (AvgIpc) is 3.43. The summed E-state index contributed by atoms with van der Waals surface area (Å²) in [4.78, 5) is 45.1.